The van der Waals surface area contributed by atoms with Crippen molar-refractivity contribution in [3.8, 4) is 5.75 Å². The number of nitrogens with one attached hydrogen (secondary N) is 1. The molecule has 1 aliphatic rings. The van der Waals surface area contributed by atoms with Gasteiger partial charge in [-0.05, 0) is 54.1 Å². The molecule has 1 heterocycles. The Bertz CT molecular complexity index is 907. The van der Waals surface area contributed by atoms with Gasteiger partial charge in [0.05, 0.1) is 27.2 Å². The summed E-state index contributed by atoms with van der Waals surface area (Å²) in [4.78, 5) is 17.2. The predicted octanol–water partition coefficient (Wildman–Crippen LogP) is 6.84. The van der Waals surface area contributed by atoms with Crippen LogP contribution in [0.2, 0.25) is 10.0 Å². The summed E-state index contributed by atoms with van der Waals surface area (Å²) in [6.07, 6.45) is 6.19. The molecule has 0 aliphatic carbocycles. The monoisotopic (exact) mass is 448 g/mol. The first kappa shape index (κ1) is 21.8. The Labute approximate surface area is 185 Å². The third-order valence-electron chi connectivity index (χ3n) is 4.20. The Morgan fingerprint density at radius 3 is 2.52 bits per heavy atom. The molecule has 0 aromatic heterocycles. The van der Waals surface area contributed by atoms with Crippen LogP contribution in [0.4, 0.5) is 5.69 Å². The highest BCUT2D eigenvalue weighted by Crippen LogP contribution is 2.36. The zero-order chi connectivity index (χ0) is 20.6. The predicted molar refractivity (Wildman–Crippen MR) is 123 cm³/mol. The minimum atomic E-state index is -0.201. The van der Waals surface area contributed by atoms with Crippen molar-refractivity contribution in [2.24, 2.45) is 4.99 Å². The van der Waals surface area contributed by atoms with Crippen LogP contribution in [0.1, 0.15) is 38.2 Å². The summed E-state index contributed by atoms with van der Waals surface area (Å²) in [5.74, 6) is 0.287. The van der Waals surface area contributed by atoms with Gasteiger partial charge >= 0.3 is 0 Å². The molecule has 1 aliphatic heterocycles. The maximum absolute atomic E-state index is 12.3. The van der Waals surface area contributed by atoms with Crippen LogP contribution in [-0.2, 0) is 4.79 Å². The molecule has 0 spiro atoms. The van der Waals surface area contributed by atoms with Crippen LogP contribution < -0.4 is 10.1 Å². The lowest BCUT2D eigenvalue weighted by atomic mass is 10.2. The maximum atomic E-state index is 12.3. The van der Waals surface area contributed by atoms with Crippen LogP contribution in [0.3, 0.4) is 0 Å². The average molecular weight is 449 g/mol. The number of hydrogen-bond acceptors (Lipinski definition) is 4. The molecule has 0 radical (unpaired) electrons. The number of nitrogens with zero attached hydrogens (tertiary/aromatic N) is 1. The molecule has 1 N–H and O–H groups in total. The number of ether oxygens (including phenoxy) is 1. The molecule has 3 rings (SSSR count). The SMILES string of the molecule is CCCCCCOc1c(Cl)cc(/C=C2/SC(=Nc3ccccc3)NC2=O)cc1Cl. The summed E-state index contributed by atoms with van der Waals surface area (Å²) in [5.41, 5.74) is 1.51. The molecule has 152 valence electrons. The Morgan fingerprint density at radius 1 is 1.10 bits per heavy atom. The van der Waals surface area contributed by atoms with E-state index in [1.807, 2.05) is 30.3 Å². The van der Waals surface area contributed by atoms with Gasteiger partial charge in [0.1, 0.15) is 0 Å². The third-order valence-corrected chi connectivity index (χ3v) is 5.67. The number of unbranched alkanes of at least 4 members (excludes halogenated alkanes) is 3. The molecule has 0 unspecified atom stereocenters. The van der Waals surface area contributed by atoms with Gasteiger partial charge in [-0.3, -0.25) is 4.79 Å². The Balaban J connectivity index is 1.70. The normalized spacial score (nSPS) is 16.4. The molecule has 0 saturated carbocycles. The lowest BCUT2D eigenvalue weighted by molar-refractivity contribution is -0.115. The van der Waals surface area contributed by atoms with Crippen LogP contribution >= 0.6 is 35.0 Å². The molecule has 2 aromatic carbocycles. The quantitative estimate of drug-likeness (QED) is 0.354. The molecule has 2 aromatic rings. The van der Waals surface area contributed by atoms with E-state index < -0.39 is 0 Å². The Morgan fingerprint density at radius 2 is 1.83 bits per heavy atom. The Hall–Kier alpha value is -1.95. The van der Waals surface area contributed by atoms with E-state index in [-0.39, 0.29) is 5.91 Å². The smallest absolute Gasteiger partial charge is 0.264 e. The van der Waals surface area contributed by atoms with Crippen molar-refractivity contribution in [1.82, 2.24) is 5.32 Å². The zero-order valence-corrected chi connectivity index (χ0v) is 18.4. The van der Waals surface area contributed by atoms with Gasteiger partial charge in [0.25, 0.3) is 5.91 Å². The summed E-state index contributed by atoms with van der Waals surface area (Å²) in [6.45, 7) is 2.75. The lowest BCUT2D eigenvalue weighted by Gasteiger charge is -2.11. The fourth-order valence-electron chi connectivity index (χ4n) is 2.76. The molecule has 4 nitrogen and oxygen atoms in total. The number of halogens is 2. The van der Waals surface area contributed by atoms with Gasteiger partial charge in [-0.1, -0.05) is 67.6 Å². The molecule has 0 bridgehead atoms. The Kier molecular flexibility index (Phi) is 8.04. The van der Waals surface area contributed by atoms with E-state index in [4.69, 9.17) is 27.9 Å². The van der Waals surface area contributed by atoms with Gasteiger partial charge in [0.2, 0.25) is 0 Å². The van der Waals surface area contributed by atoms with Gasteiger partial charge in [-0.2, -0.15) is 0 Å². The highest BCUT2D eigenvalue weighted by atomic mass is 35.5. The van der Waals surface area contributed by atoms with Gasteiger partial charge in [-0.25, -0.2) is 4.99 Å². The molecular weight excluding hydrogens is 427 g/mol. The second-order valence-corrected chi connectivity index (χ2v) is 8.39. The van der Waals surface area contributed by atoms with Crippen molar-refractivity contribution >= 4 is 57.8 Å². The minimum Gasteiger partial charge on any atom is -0.490 e. The second kappa shape index (κ2) is 10.7. The van der Waals surface area contributed by atoms with Gasteiger partial charge < -0.3 is 10.1 Å². The first-order chi connectivity index (χ1) is 14.1. The number of thioether (sulfide) groups is 1. The van der Waals surface area contributed by atoms with E-state index in [0.29, 0.717) is 32.5 Å². The molecule has 7 heteroatoms. The number of amidine groups is 1. The number of hydrogen-bond donors (Lipinski definition) is 1. The van der Waals surface area contributed by atoms with Crippen molar-refractivity contribution in [2.45, 2.75) is 32.6 Å². The summed E-state index contributed by atoms with van der Waals surface area (Å²) in [6, 6.07) is 13.0. The molecule has 1 fully saturated rings. The fourth-order valence-corrected chi connectivity index (χ4v) is 4.21. The second-order valence-electron chi connectivity index (χ2n) is 6.54. The highest BCUT2D eigenvalue weighted by Gasteiger charge is 2.24. The molecule has 1 saturated heterocycles. The molecule has 1 amide bonds. The molecule has 0 atom stereocenters. The first-order valence-corrected chi connectivity index (χ1v) is 11.1. The number of benzene rings is 2. The van der Waals surface area contributed by atoms with Crippen molar-refractivity contribution in [1.29, 1.82) is 0 Å². The van der Waals surface area contributed by atoms with Gasteiger partial charge in [0.15, 0.2) is 10.9 Å². The van der Waals surface area contributed by atoms with Crippen molar-refractivity contribution < 1.29 is 9.53 Å². The van der Waals surface area contributed by atoms with E-state index >= 15 is 0 Å². The van der Waals surface area contributed by atoms with E-state index in [2.05, 4.69) is 17.2 Å². The number of para-hydroxylation sites is 1. The number of amides is 1. The highest BCUT2D eigenvalue weighted by molar-refractivity contribution is 8.18. The van der Waals surface area contributed by atoms with Crippen molar-refractivity contribution in [3.63, 3.8) is 0 Å². The first-order valence-electron chi connectivity index (χ1n) is 9.53. The summed E-state index contributed by atoms with van der Waals surface area (Å²) in [7, 11) is 0. The van der Waals surface area contributed by atoms with Crippen LogP contribution in [0, 0.1) is 0 Å². The summed E-state index contributed by atoms with van der Waals surface area (Å²) < 4.78 is 5.76. The van der Waals surface area contributed by atoms with E-state index in [0.717, 1.165) is 24.1 Å². The third kappa shape index (κ3) is 6.26. The number of aliphatic imine (C=N–C) groups is 1. The van der Waals surface area contributed by atoms with Crippen LogP contribution in [0.15, 0.2) is 52.4 Å². The number of carbonyl (C=O) groups excluding carboxylic acids is 1. The van der Waals surface area contributed by atoms with Crippen LogP contribution in [-0.4, -0.2) is 17.7 Å². The largest absolute Gasteiger partial charge is 0.490 e. The molecular formula is C22H22Cl2N2O2S. The van der Waals surface area contributed by atoms with E-state index in [9.17, 15) is 4.79 Å². The van der Waals surface area contributed by atoms with Crippen molar-refractivity contribution in [3.05, 3.63) is 63.0 Å². The van der Waals surface area contributed by atoms with Crippen LogP contribution in [0.5, 0.6) is 5.75 Å². The standard InChI is InChI=1S/C22H22Cl2N2O2S/c1-2-3-4-8-11-28-20-17(23)12-15(13-18(20)24)14-19-21(27)26-22(29-19)25-16-9-6-5-7-10-16/h5-7,9-10,12-14H,2-4,8,11H2,1H3,(H,25,26,27)/b19-14+. The summed E-state index contributed by atoms with van der Waals surface area (Å²) >= 11 is 14.0. The topological polar surface area (TPSA) is 50.7 Å². The summed E-state index contributed by atoms with van der Waals surface area (Å²) in [5, 5.41) is 4.18. The van der Waals surface area contributed by atoms with Gasteiger partial charge in [-0.15, -0.1) is 0 Å². The van der Waals surface area contributed by atoms with Crippen molar-refractivity contribution in [2.75, 3.05) is 6.61 Å². The number of rotatable bonds is 8. The average Bonchev–Trinajstić information content (AvgIpc) is 3.03. The van der Waals surface area contributed by atoms with E-state index in [1.54, 1.807) is 18.2 Å². The van der Waals surface area contributed by atoms with E-state index in [1.165, 1.54) is 24.6 Å². The lowest BCUT2D eigenvalue weighted by Crippen LogP contribution is -2.19. The maximum Gasteiger partial charge on any atom is 0.264 e. The minimum absolute atomic E-state index is 0.201. The fraction of sp³-hybridized carbons (Fsp3) is 0.273. The van der Waals surface area contributed by atoms with Gasteiger partial charge in [0, 0.05) is 0 Å². The number of carbonyl (C=O) groups is 1. The van der Waals surface area contributed by atoms with Crippen LogP contribution in [0.25, 0.3) is 6.08 Å². The molecule has 29 heavy (non-hydrogen) atoms. The zero-order valence-electron chi connectivity index (χ0n) is 16.1.